The zero-order chi connectivity index (χ0) is 13.0. The molecule has 1 aliphatic rings. The molecule has 1 saturated heterocycles. The Hall–Kier alpha value is -1.46. The lowest BCUT2D eigenvalue weighted by Gasteiger charge is -2.22. The molecule has 0 bridgehead atoms. The minimum atomic E-state index is 0.0319. The van der Waals surface area contributed by atoms with Gasteiger partial charge < -0.3 is 15.4 Å². The van der Waals surface area contributed by atoms with Crippen molar-refractivity contribution in [2.45, 2.75) is 26.0 Å². The van der Waals surface area contributed by atoms with Crippen LogP contribution >= 0.6 is 0 Å². The van der Waals surface area contributed by atoms with E-state index in [0.717, 1.165) is 25.3 Å². The number of hydrogen-bond acceptors (Lipinski definition) is 4. The number of ether oxygens (including phenoxy) is 1. The molecule has 1 aromatic rings. The summed E-state index contributed by atoms with van der Waals surface area (Å²) in [5, 5.41) is 0. The van der Waals surface area contributed by atoms with Crippen LogP contribution < -0.4 is 5.73 Å². The van der Waals surface area contributed by atoms with Crippen LogP contribution in [0, 0.1) is 0 Å². The summed E-state index contributed by atoms with van der Waals surface area (Å²) in [6.07, 6.45) is 2.60. The van der Waals surface area contributed by atoms with Gasteiger partial charge in [-0.2, -0.15) is 0 Å². The van der Waals surface area contributed by atoms with Gasteiger partial charge in [0.2, 0.25) is 0 Å². The number of rotatable bonds is 2. The molecule has 0 aromatic carbocycles. The number of amides is 1. The molecule has 98 valence electrons. The average Bonchev–Trinajstić information content (AvgIpc) is 2.62. The van der Waals surface area contributed by atoms with Crippen molar-refractivity contribution in [3.05, 3.63) is 29.6 Å². The number of carbonyl (C=O) groups is 1. The van der Waals surface area contributed by atoms with Crippen LogP contribution in [-0.2, 0) is 11.3 Å². The molecule has 0 saturated carbocycles. The van der Waals surface area contributed by atoms with E-state index in [2.05, 4.69) is 4.98 Å². The van der Waals surface area contributed by atoms with Crippen LogP contribution in [0.4, 0.5) is 0 Å². The van der Waals surface area contributed by atoms with Crippen LogP contribution in [0.25, 0.3) is 0 Å². The first-order chi connectivity index (χ1) is 8.70. The summed E-state index contributed by atoms with van der Waals surface area (Å²) in [6, 6.07) is 3.50. The van der Waals surface area contributed by atoms with Gasteiger partial charge in [-0.05, 0) is 25.5 Å². The van der Waals surface area contributed by atoms with Crippen LogP contribution in [0.1, 0.15) is 29.4 Å². The molecule has 1 aliphatic heterocycles. The molecule has 5 nitrogen and oxygen atoms in total. The molecular weight excluding hydrogens is 230 g/mol. The molecule has 0 spiro atoms. The van der Waals surface area contributed by atoms with Crippen molar-refractivity contribution in [2.24, 2.45) is 5.73 Å². The highest BCUT2D eigenvalue weighted by atomic mass is 16.5. The van der Waals surface area contributed by atoms with Crippen LogP contribution in [0.15, 0.2) is 18.3 Å². The number of pyridine rings is 1. The summed E-state index contributed by atoms with van der Waals surface area (Å²) in [5.41, 5.74) is 6.93. The molecule has 1 atom stereocenters. The first-order valence-corrected chi connectivity index (χ1v) is 6.26. The smallest absolute Gasteiger partial charge is 0.254 e. The second-order valence-corrected chi connectivity index (χ2v) is 4.53. The van der Waals surface area contributed by atoms with E-state index in [9.17, 15) is 4.79 Å². The topological polar surface area (TPSA) is 68.5 Å². The molecule has 0 radical (unpaired) electrons. The lowest BCUT2D eigenvalue weighted by atomic mass is 10.2. The normalized spacial score (nSPS) is 20.6. The van der Waals surface area contributed by atoms with Crippen molar-refractivity contribution in [1.29, 1.82) is 0 Å². The van der Waals surface area contributed by atoms with Crippen LogP contribution in [-0.4, -0.2) is 41.6 Å². The Bertz CT molecular complexity index is 422. The summed E-state index contributed by atoms with van der Waals surface area (Å²) in [6.45, 7) is 4.43. The Morgan fingerprint density at radius 1 is 1.67 bits per heavy atom. The average molecular weight is 249 g/mol. The molecule has 1 amide bonds. The number of aromatic nitrogens is 1. The second kappa shape index (κ2) is 5.93. The Balaban J connectivity index is 2.13. The van der Waals surface area contributed by atoms with Crippen molar-refractivity contribution < 1.29 is 9.53 Å². The Morgan fingerprint density at radius 2 is 2.50 bits per heavy atom. The lowest BCUT2D eigenvalue weighted by Crippen LogP contribution is -2.36. The van der Waals surface area contributed by atoms with Gasteiger partial charge in [0.05, 0.1) is 11.8 Å². The molecule has 5 heteroatoms. The second-order valence-electron chi connectivity index (χ2n) is 4.53. The van der Waals surface area contributed by atoms with E-state index in [1.54, 1.807) is 18.3 Å². The molecule has 2 heterocycles. The molecular formula is C13H19N3O2. The third-order valence-corrected chi connectivity index (χ3v) is 3.01. The van der Waals surface area contributed by atoms with E-state index in [1.807, 2.05) is 11.8 Å². The van der Waals surface area contributed by atoms with Crippen molar-refractivity contribution in [1.82, 2.24) is 9.88 Å². The largest absolute Gasteiger partial charge is 0.377 e. The fraction of sp³-hybridized carbons (Fsp3) is 0.538. The van der Waals surface area contributed by atoms with Gasteiger partial charge in [-0.25, -0.2) is 0 Å². The predicted octanol–water partition coefficient (Wildman–Crippen LogP) is 0.791. The Labute approximate surface area is 107 Å². The number of nitrogens with zero attached hydrogens (tertiary/aromatic N) is 2. The minimum absolute atomic E-state index is 0.0319. The maximum atomic E-state index is 12.4. The molecule has 1 aromatic heterocycles. The summed E-state index contributed by atoms with van der Waals surface area (Å²) >= 11 is 0. The van der Waals surface area contributed by atoms with Crippen LogP contribution in [0.3, 0.4) is 0 Å². The van der Waals surface area contributed by atoms with Gasteiger partial charge in [0.15, 0.2) is 0 Å². The van der Waals surface area contributed by atoms with Crippen molar-refractivity contribution in [3.63, 3.8) is 0 Å². The van der Waals surface area contributed by atoms with Crippen molar-refractivity contribution in [2.75, 3.05) is 19.7 Å². The van der Waals surface area contributed by atoms with E-state index in [4.69, 9.17) is 10.5 Å². The van der Waals surface area contributed by atoms with E-state index in [-0.39, 0.29) is 12.0 Å². The van der Waals surface area contributed by atoms with Gasteiger partial charge in [0.25, 0.3) is 5.91 Å². The first-order valence-electron chi connectivity index (χ1n) is 6.26. The van der Waals surface area contributed by atoms with Crippen molar-refractivity contribution in [3.8, 4) is 0 Å². The van der Waals surface area contributed by atoms with Gasteiger partial charge in [-0.1, -0.05) is 0 Å². The summed E-state index contributed by atoms with van der Waals surface area (Å²) in [4.78, 5) is 18.3. The number of nitrogens with two attached hydrogens (primary N) is 1. The van der Waals surface area contributed by atoms with Gasteiger partial charge in [0, 0.05) is 38.0 Å². The molecule has 1 fully saturated rings. The highest BCUT2D eigenvalue weighted by Crippen LogP contribution is 2.11. The quantitative estimate of drug-likeness (QED) is 0.841. The zero-order valence-corrected chi connectivity index (χ0v) is 10.6. The highest BCUT2D eigenvalue weighted by Gasteiger charge is 2.21. The van der Waals surface area contributed by atoms with Gasteiger partial charge in [0.1, 0.15) is 0 Å². The fourth-order valence-corrected chi connectivity index (χ4v) is 2.08. The SMILES string of the molecule is CC1CN(C(=O)c2ccnc(CN)c2)CCCO1. The third-order valence-electron chi connectivity index (χ3n) is 3.01. The first kappa shape index (κ1) is 13.0. The molecule has 2 N–H and O–H groups in total. The molecule has 2 rings (SSSR count). The Kier molecular flexibility index (Phi) is 4.28. The molecule has 0 aliphatic carbocycles. The maximum Gasteiger partial charge on any atom is 0.254 e. The standard InChI is InChI=1S/C13H19N3O2/c1-10-9-16(5-2-6-18-10)13(17)11-3-4-15-12(7-11)8-14/h3-4,7,10H,2,5-6,8-9,14H2,1H3. The highest BCUT2D eigenvalue weighted by molar-refractivity contribution is 5.94. The zero-order valence-electron chi connectivity index (χ0n) is 10.6. The summed E-state index contributed by atoms with van der Waals surface area (Å²) < 4.78 is 5.54. The predicted molar refractivity (Wildman–Crippen MR) is 68.1 cm³/mol. The number of carbonyl (C=O) groups excluding carboxylic acids is 1. The fourth-order valence-electron chi connectivity index (χ4n) is 2.08. The van der Waals surface area contributed by atoms with Crippen LogP contribution in [0.2, 0.25) is 0 Å². The van der Waals surface area contributed by atoms with Gasteiger partial charge in [-0.3, -0.25) is 9.78 Å². The summed E-state index contributed by atoms with van der Waals surface area (Å²) in [5.74, 6) is 0.0319. The monoisotopic (exact) mass is 249 g/mol. The minimum Gasteiger partial charge on any atom is -0.377 e. The van der Waals surface area contributed by atoms with Gasteiger partial charge >= 0.3 is 0 Å². The lowest BCUT2D eigenvalue weighted by molar-refractivity contribution is 0.0562. The van der Waals surface area contributed by atoms with E-state index < -0.39 is 0 Å². The van der Waals surface area contributed by atoms with E-state index in [0.29, 0.717) is 18.7 Å². The Morgan fingerprint density at radius 3 is 3.28 bits per heavy atom. The van der Waals surface area contributed by atoms with Gasteiger partial charge in [-0.15, -0.1) is 0 Å². The van der Waals surface area contributed by atoms with E-state index in [1.165, 1.54) is 0 Å². The van der Waals surface area contributed by atoms with Crippen LogP contribution in [0.5, 0.6) is 0 Å². The maximum absolute atomic E-state index is 12.4. The third kappa shape index (κ3) is 3.05. The number of hydrogen-bond donors (Lipinski definition) is 1. The molecule has 1 unspecified atom stereocenters. The van der Waals surface area contributed by atoms with E-state index >= 15 is 0 Å². The summed E-state index contributed by atoms with van der Waals surface area (Å²) in [7, 11) is 0. The van der Waals surface area contributed by atoms with Crippen molar-refractivity contribution >= 4 is 5.91 Å². The molecule has 18 heavy (non-hydrogen) atoms.